The van der Waals surface area contributed by atoms with Gasteiger partial charge in [-0.2, -0.15) is 13.2 Å². The lowest BCUT2D eigenvalue weighted by Crippen LogP contribution is -2.39. The zero-order chi connectivity index (χ0) is 22.2. The van der Waals surface area contributed by atoms with Gasteiger partial charge in [0.2, 0.25) is 0 Å². The molecule has 6 nitrogen and oxygen atoms in total. The number of rotatable bonds is 2. The first-order chi connectivity index (χ1) is 14.7. The largest absolute Gasteiger partial charge is 0.491 e. The highest BCUT2D eigenvalue weighted by Crippen LogP contribution is 2.33. The molecule has 0 radical (unpaired) electrons. The molecule has 9 heteroatoms. The van der Waals surface area contributed by atoms with Crippen molar-refractivity contribution < 1.29 is 27.8 Å². The van der Waals surface area contributed by atoms with Gasteiger partial charge < -0.3 is 19.6 Å². The maximum Gasteiger partial charge on any atom is 0.416 e. The standard InChI is InChI=1S/C22H22F3N3O3/c1-27(21(29)30)17-8-10-28(13-17)20-18-12-15(4-7-19(18)31-11-9-26-20)14-2-5-16(6-3-14)22(23,24)25/h2-7,12,17H,8-11,13H2,1H3,(H,29,30)/t17-/m0/s1. The quantitative estimate of drug-likeness (QED) is 0.771. The summed E-state index contributed by atoms with van der Waals surface area (Å²) < 4.78 is 44.4. The van der Waals surface area contributed by atoms with E-state index in [4.69, 9.17) is 4.74 Å². The Balaban J connectivity index is 1.64. The van der Waals surface area contributed by atoms with Crippen molar-refractivity contribution in [2.45, 2.75) is 18.6 Å². The zero-order valence-corrected chi connectivity index (χ0v) is 16.9. The van der Waals surface area contributed by atoms with Crippen molar-refractivity contribution in [3.63, 3.8) is 0 Å². The van der Waals surface area contributed by atoms with E-state index in [0.29, 0.717) is 44.0 Å². The van der Waals surface area contributed by atoms with Crippen LogP contribution >= 0.6 is 0 Å². The number of likely N-dealkylation sites (tertiary alicyclic amines) is 1. The lowest BCUT2D eigenvalue weighted by atomic mass is 10.00. The molecule has 31 heavy (non-hydrogen) atoms. The fourth-order valence-corrected chi connectivity index (χ4v) is 3.93. The lowest BCUT2D eigenvalue weighted by molar-refractivity contribution is -0.137. The second-order valence-corrected chi connectivity index (χ2v) is 7.62. The second kappa shape index (κ2) is 8.13. The third-order valence-electron chi connectivity index (χ3n) is 5.69. The van der Waals surface area contributed by atoms with Crippen LogP contribution in [0.25, 0.3) is 11.1 Å². The summed E-state index contributed by atoms with van der Waals surface area (Å²) in [6.45, 7) is 2.06. The third kappa shape index (κ3) is 4.30. The molecule has 2 heterocycles. The molecule has 0 aromatic heterocycles. The van der Waals surface area contributed by atoms with Gasteiger partial charge in [0.25, 0.3) is 0 Å². The van der Waals surface area contributed by atoms with E-state index in [9.17, 15) is 23.1 Å². The molecule has 4 rings (SSSR count). The van der Waals surface area contributed by atoms with Gasteiger partial charge in [-0.3, -0.25) is 4.99 Å². The number of benzene rings is 2. The molecule has 2 aliphatic rings. The highest BCUT2D eigenvalue weighted by molar-refractivity contribution is 6.02. The van der Waals surface area contributed by atoms with Gasteiger partial charge in [-0.1, -0.05) is 18.2 Å². The summed E-state index contributed by atoms with van der Waals surface area (Å²) in [5.74, 6) is 1.38. The number of halogens is 3. The van der Waals surface area contributed by atoms with Crippen LogP contribution in [0.15, 0.2) is 47.5 Å². The Hall–Kier alpha value is -3.23. The number of ether oxygens (including phenoxy) is 1. The van der Waals surface area contributed by atoms with Crippen molar-refractivity contribution in [3.05, 3.63) is 53.6 Å². The van der Waals surface area contributed by atoms with Gasteiger partial charge in [-0.15, -0.1) is 0 Å². The Morgan fingerprint density at radius 3 is 2.58 bits per heavy atom. The van der Waals surface area contributed by atoms with Crippen LogP contribution in [0.5, 0.6) is 5.75 Å². The van der Waals surface area contributed by atoms with Gasteiger partial charge in [0, 0.05) is 20.1 Å². The zero-order valence-electron chi connectivity index (χ0n) is 16.9. The molecular formula is C22H22F3N3O3. The maximum absolute atomic E-state index is 12.9. The Morgan fingerprint density at radius 1 is 1.19 bits per heavy atom. The van der Waals surface area contributed by atoms with Crippen molar-refractivity contribution >= 4 is 11.9 Å². The third-order valence-corrected chi connectivity index (χ3v) is 5.69. The molecule has 0 bridgehead atoms. The number of hydrogen-bond donors (Lipinski definition) is 1. The molecule has 0 spiro atoms. The number of amidine groups is 1. The van der Waals surface area contributed by atoms with E-state index in [1.807, 2.05) is 17.0 Å². The molecule has 1 fully saturated rings. The number of fused-ring (bicyclic) bond motifs is 1. The summed E-state index contributed by atoms with van der Waals surface area (Å²) in [7, 11) is 1.56. The SMILES string of the molecule is CN(C(=O)O)[C@H]1CCN(C2=NCCOc3ccc(-c4ccc(C(F)(F)F)cc4)cc32)C1. The molecule has 0 saturated carbocycles. The topological polar surface area (TPSA) is 65.4 Å². The van der Waals surface area contributed by atoms with Gasteiger partial charge in [-0.25, -0.2) is 4.79 Å². The van der Waals surface area contributed by atoms with E-state index in [-0.39, 0.29) is 6.04 Å². The van der Waals surface area contributed by atoms with Crippen LogP contribution in [0, 0.1) is 0 Å². The summed E-state index contributed by atoms with van der Waals surface area (Å²) >= 11 is 0. The van der Waals surface area contributed by atoms with Crippen LogP contribution in [0.1, 0.15) is 17.5 Å². The number of aliphatic imine (C=N–C) groups is 1. The molecule has 2 aliphatic heterocycles. The fraction of sp³-hybridized carbons (Fsp3) is 0.364. The summed E-state index contributed by atoms with van der Waals surface area (Å²) in [4.78, 5) is 19.3. The number of amides is 1. The van der Waals surface area contributed by atoms with E-state index >= 15 is 0 Å². The molecule has 2 aromatic carbocycles. The molecule has 164 valence electrons. The predicted molar refractivity (Wildman–Crippen MR) is 110 cm³/mol. The van der Waals surface area contributed by atoms with Gasteiger partial charge >= 0.3 is 12.3 Å². The Kier molecular flexibility index (Phi) is 5.51. The van der Waals surface area contributed by atoms with Crippen molar-refractivity contribution in [2.24, 2.45) is 4.99 Å². The summed E-state index contributed by atoms with van der Waals surface area (Å²) in [5, 5.41) is 9.26. The average molecular weight is 433 g/mol. The number of hydrogen-bond acceptors (Lipinski definition) is 4. The van der Waals surface area contributed by atoms with Crippen molar-refractivity contribution in [3.8, 4) is 16.9 Å². The number of carbonyl (C=O) groups is 1. The maximum atomic E-state index is 12.9. The first-order valence-corrected chi connectivity index (χ1v) is 9.94. The smallest absolute Gasteiger partial charge is 0.416 e. The number of likely N-dealkylation sites (N-methyl/N-ethyl adjacent to an activating group) is 1. The molecule has 0 aliphatic carbocycles. The van der Waals surface area contributed by atoms with Crippen LogP contribution in [-0.4, -0.2) is 66.2 Å². The Labute approximate surface area is 177 Å². The molecule has 0 unspecified atom stereocenters. The highest BCUT2D eigenvalue weighted by atomic mass is 19.4. The molecule has 1 saturated heterocycles. The van der Waals surface area contributed by atoms with Crippen LogP contribution in [0.2, 0.25) is 0 Å². The average Bonchev–Trinajstić information content (AvgIpc) is 3.13. The normalized spacial score (nSPS) is 18.6. The van der Waals surface area contributed by atoms with Crippen LogP contribution in [0.3, 0.4) is 0 Å². The predicted octanol–water partition coefficient (Wildman–Crippen LogP) is 4.20. The van der Waals surface area contributed by atoms with E-state index in [0.717, 1.165) is 29.1 Å². The van der Waals surface area contributed by atoms with E-state index in [1.165, 1.54) is 17.0 Å². The molecule has 2 aromatic rings. The Morgan fingerprint density at radius 2 is 1.90 bits per heavy atom. The van der Waals surface area contributed by atoms with Crippen molar-refractivity contribution in [1.82, 2.24) is 9.80 Å². The first-order valence-electron chi connectivity index (χ1n) is 9.94. The van der Waals surface area contributed by atoms with E-state index in [2.05, 4.69) is 4.99 Å². The van der Waals surface area contributed by atoms with Crippen molar-refractivity contribution in [1.29, 1.82) is 0 Å². The summed E-state index contributed by atoms with van der Waals surface area (Å²) in [5.41, 5.74) is 1.48. The van der Waals surface area contributed by atoms with Crippen LogP contribution in [0.4, 0.5) is 18.0 Å². The van der Waals surface area contributed by atoms with Crippen LogP contribution in [-0.2, 0) is 6.18 Å². The van der Waals surface area contributed by atoms with E-state index < -0.39 is 17.8 Å². The molecular weight excluding hydrogens is 411 g/mol. The minimum atomic E-state index is -4.38. The Bertz CT molecular complexity index is 1010. The van der Waals surface area contributed by atoms with E-state index in [1.54, 1.807) is 13.1 Å². The minimum absolute atomic E-state index is 0.133. The molecule has 1 atom stereocenters. The molecule has 1 amide bonds. The lowest BCUT2D eigenvalue weighted by Gasteiger charge is -2.24. The fourth-order valence-electron chi connectivity index (χ4n) is 3.93. The molecule has 1 N–H and O–H groups in total. The highest BCUT2D eigenvalue weighted by Gasteiger charge is 2.32. The second-order valence-electron chi connectivity index (χ2n) is 7.62. The minimum Gasteiger partial charge on any atom is -0.491 e. The van der Waals surface area contributed by atoms with Gasteiger partial charge in [0.15, 0.2) is 0 Å². The van der Waals surface area contributed by atoms with Crippen molar-refractivity contribution in [2.75, 3.05) is 33.3 Å². The first kappa shape index (κ1) is 21.0. The van der Waals surface area contributed by atoms with Gasteiger partial charge in [0.05, 0.1) is 23.7 Å². The van der Waals surface area contributed by atoms with Crippen LogP contribution < -0.4 is 4.74 Å². The number of carboxylic acid groups (broad SMARTS) is 1. The summed E-state index contributed by atoms with van der Waals surface area (Å²) in [6.07, 6.45) is -4.66. The summed E-state index contributed by atoms with van der Waals surface area (Å²) in [6, 6.07) is 10.4. The van der Waals surface area contributed by atoms with Gasteiger partial charge in [-0.05, 0) is 41.8 Å². The van der Waals surface area contributed by atoms with Gasteiger partial charge in [0.1, 0.15) is 18.2 Å². The number of alkyl halides is 3. The monoisotopic (exact) mass is 433 g/mol. The number of nitrogens with zero attached hydrogens (tertiary/aromatic N) is 3.